The molecule has 3 aromatic carbocycles. The largest absolute Gasteiger partial charge is 0.484 e. The van der Waals surface area contributed by atoms with E-state index in [0.29, 0.717) is 16.5 Å². The van der Waals surface area contributed by atoms with Crippen molar-refractivity contribution in [2.45, 2.75) is 32.4 Å². The van der Waals surface area contributed by atoms with Crippen LogP contribution in [0, 0.1) is 0 Å². The molecular weight excluding hydrogens is 472 g/mol. The monoisotopic (exact) mass is 500 g/mol. The van der Waals surface area contributed by atoms with E-state index >= 15 is 0 Å². The molecule has 0 saturated carbocycles. The van der Waals surface area contributed by atoms with Crippen LogP contribution >= 0.6 is 11.6 Å². The zero-order valence-electron chi connectivity index (χ0n) is 19.3. The molecule has 0 fully saturated rings. The molecule has 1 unspecified atom stereocenters. The third kappa shape index (κ3) is 8.08. The minimum atomic E-state index is -3.51. The van der Waals surface area contributed by atoms with Crippen LogP contribution in [-0.2, 0) is 27.8 Å². The second-order valence-electron chi connectivity index (χ2n) is 8.17. The number of anilines is 1. The summed E-state index contributed by atoms with van der Waals surface area (Å²) in [4.78, 5) is 12.2. The van der Waals surface area contributed by atoms with Crippen molar-refractivity contribution in [3.63, 3.8) is 0 Å². The summed E-state index contributed by atoms with van der Waals surface area (Å²) in [6.07, 6.45) is 2.88. The van der Waals surface area contributed by atoms with Crippen molar-refractivity contribution < 1.29 is 17.9 Å². The van der Waals surface area contributed by atoms with Crippen LogP contribution in [0.1, 0.15) is 24.5 Å². The number of nitrogens with zero attached hydrogens (tertiary/aromatic N) is 1. The SMILES string of the molecule is CC(CCc1ccccc1)NC(=O)COc1ccc(N(Cc2ccc(Cl)cc2)S(C)(=O)=O)cc1. The van der Waals surface area contributed by atoms with E-state index in [1.165, 1.54) is 9.87 Å². The first kappa shape index (κ1) is 25.6. The maximum Gasteiger partial charge on any atom is 0.258 e. The molecule has 0 heterocycles. The van der Waals surface area contributed by atoms with Gasteiger partial charge < -0.3 is 10.1 Å². The van der Waals surface area contributed by atoms with Crippen LogP contribution in [0.5, 0.6) is 5.75 Å². The van der Waals surface area contributed by atoms with Gasteiger partial charge in [-0.3, -0.25) is 9.10 Å². The average Bonchev–Trinajstić information content (AvgIpc) is 2.81. The van der Waals surface area contributed by atoms with Gasteiger partial charge in [0.05, 0.1) is 18.5 Å². The number of hydrogen-bond acceptors (Lipinski definition) is 4. The first-order chi connectivity index (χ1) is 16.2. The zero-order chi connectivity index (χ0) is 24.6. The van der Waals surface area contributed by atoms with E-state index in [-0.39, 0.29) is 25.1 Å². The molecule has 0 radical (unpaired) electrons. The van der Waals surface area contributed by atoms with E-state index in [0.717, 1.165) is 24.7 Å². The van der Waals surface area contributed by atoms with Gasteiger partial charge in [-0.05, 0) is 67.3 Å². The summed E-state index contributed by atoms with van der Waals surface area (Å²) in [5.41, 5.74) is 2.55. The third-order valence-electron chi connectivity index (χ3n) is 5.25. The van der Waals surface area contributed by atoms with Gasteiger partial charge in [-0.2, -0.15) is 0 Å². The Kier molecular flexibility index (Phi) is 8.96. The highest BCUT2D eigenvalue weighted by atomic mass is 35.5. The van der Waals surface area contributed by atoms with Gasteiger partial charge in [0.25, 0.3) is 5.91 Å². The molecule has 1 atom stereocenters. The van der Waals surface area contributed by atoms with E-state index in [1.54, 1.807) is 48.5 Å². The Bertz CT molecular complexity index is 1170. The maximum absolute atomic E-state index is 12.4. The molecule has 1 N–H and O–H groups in total. The Morgan fingerprint density at radius 2 is 1.62 bits per heavy atom. The van der Waals surface area contributed by atoms with Gasteiger partial charge in [-0.1, -0.05) is 54.1 Å². The minimum Gasteiger partial charge on any atom is -0.484 e. The van der Waals surface area contributed by atoms with E-state index < -0.39 is 10.0 Å². The zero-order valence-corrected chi connectivity index (χ0v) is 20.9. The van der Waals surface area contributed by atoms with Crippen molar-refractivity contribution in [2.24, 2.45) is 0 Å². The molecule has 34 heavy (non-hydrogen) atoms. The number of sulfonamides is 1. The molecule has 0 saturated heterocycles. The molecule has 0 bridgehead atoms. The van der Waals surface area contributed by atoms with Gasteiger partial charge in [-0.25, -0.2) is 8.42 Å². The molecule has 0 aliphatic rings. The fourth-order valence-corrected chi connectivity index (χ4v) is 4.44. The first-order valence-electron chi connectivity index (χ1n) is 11.0. The van der Waals surface area contributed by atoms with Crippen molar-refractivity contribution in [2.75, 3.05) is 17.2 Å². The lowest BCUT2D eigenvalue weighted by atomic mass is 10.1. The van der Waals surface area contributed by atoms with Gasteiger partial charge in [0.2, 0.25) is 10.0 Å². The molecule has 8 heteroatoms. The fourth-order valence-electron chi connectivity index (χ4n) is 3.43. The lowest BCUT2D eigenvalue weighted by Crippen LogP contribution is -2.36. The Morgan fingerprint density at radius 1 is 0.971 bits per heavy atom. The molecule has 3 aromatic rings. The van der Waals surface area contributed by atoms with Crippen LogP contribution in [0.4, 0.5) is 5.69 Å². The van der Waals surface area contributed by atoms with Crippen molar-refractivity contribution >= 4 is 33.2 Å². The second kappa shape index (κ2) is 11.9. The van der Waals surface area contributed by atoms with Crippen LogP contribution in [0.25, 0.3) is 0 Å². The van der Waals surface area contributed by atoms with Crippen molar-refractivity contribution in [3.05, 3.63) is 95.0 Å². The molecule has 3 rings (SSSR count). The standard InChI is InChI=1S/C26H29ClN2O4S/c1-20(8-9-21-6-4-3-5-7-21)28-26(30)19-33-25-16-14-24(15-17-25)29(34(2,31)32)18-22-10-12-23(27)13-11-22/h3-7,10-17,20H,8-9,18-19H2,1-2H3,(H,28,30). The number of carbonyl (C=O) groups is 1. The summed E-state index contributed by atoms with van der Waals surface area (Å²) >= 11 is 5.92. The van der Waals surface area contributed by atoms with Crippen LogP contribution in [0.2, 0.25) is 5.02 Å². The highest BCUT2D eigenvalue weighted by Gasteiger charge is 2.18. The van der Waals surface area contributed by atoms with Gasteiger partial charge in [0.15, 0.2) is 6.61 Å². The number of ether oxygens (including phenoxy) is 1. The molecule has 0 aliphatic carbocycles. The van der Waals surface area contributed by atoms with E-state index in [1.807, 2.05) is 25.1 Å². The summed E-state index contributed by atoms with van der Waals surface area (Å²) in [6.45, 7) is 2.03. The number of halogens is 1. The Labute approximate surface area is 206 Å². The predicted octanol–water partition coefficient (Wildman–Crippen LogP) is 4.82. The predicted molar refractivity (Wildman–Crippen MR) is 137 cm³/mol. The highest BCUT2D eigenvalue weighted by Crippen LogP contribution is 2.24. The third-order valence-corrected chi connectivity index (χ3v) is 6.64. The van der Waals surface area contributed by atoms with E-state index in [2.05, 4.69) is 17.4 Å². The van der Waals surface area contributed by atoms with Gasteiger partial charge in [0, 0.05) is 11.1 Å². The number of carbonyl (C=O) groups excluding carboxylic acids is 1. The maximum atomic E-state index is 12.4. The summed E-state index contributed by atoms with van der Waals surface area (Å²) in [6, 6.07) is 23.8. The van der Waals surface area contributed by atoms with Crippen molar-refractivity contribution in [1.29, 1.82) is 0 Å². The van der Waals surface area contributed by atoms with E-state index in [9.17, 15) is 13.2 Å². The molecule has 0 spiro atoms. The highest BCUT2D eigenvalue weighted by molar-refractivity contribution is 7.92. The quantitative estimate of drug-likeness (QED) is 0.409. The van der Waals surface area contributed by atoms with Crippen molar-refractivity contribution in [1.82, 2.24) is 5.32 Å². The smallest absolute Gasteiger partial charge is 0.258 e. The topological polar surface area (TPSA) is 75.7 Å². The number of benzene rings is 3. The van der Waals surface area contributed by atoms with Crippen molar-refractivity contribution in [3.8, 4) is 5.75 Å². The second-order valence-corrected chi connectivity index (χ2v) is 10.5. The van der Waals surface area contributed by atoms with Gasteiger partial charge >= 0.3 is 0 Å². The molecule has 0 aromatic heterocycles. The molecular formula is C26H29ClN2O4S. The van der Waals surface area contributed by atoms with Crippen LogP contribution in [-0.4, -0.2) is 33.2 Å². The number of amides is 1. The average molecular weight is 501 g/mol. The number of hydrogen-bond donors (Lipinski definition) is 1. The first-order valence-corrected chi connectivity index (χ1v) is 13.2. The molecule has 6 nitrogen and oxygen atoms in total. The van der Waals surface area contributed by atoms with Crippen LogP contribution in [0.3, 0.4) is 0 Å². The summed E-state index contributed by atoms with van der Waals surface area (Å²) in [5, 5.41) is 3.53. The minimum absolute atomic E-state index is 0.0230. The number of rotatable bonds is 11. The van der Waals surface area contributed by atoms with Gasteiger partial charge in [-0.15, -0.1) is 0 Å². The number of aryl methyl sites for hydroxylation is 1. The summed E-state index contributed by atoms with van der Waals surface area (Å²) in [7, 11) is -3.51. The van der Waals surface area contributed by atoms with Crippen LogP contribution < -0.4 is 14.4 Å². The lowest BCUT2D eigenvalue weighted by molar-refractivity contribution is -0.123. The Morgan fingerprint density at radius 3 is 2.24 bits per heavy atom. The molecule has 0 aliphatic heterocycles. The Balaban J connectivity index is 1.52. The Hall–Kier alpha value is -3.03. The lowest BCUT2D eigenvalue weighted by Gasteiger charge is -2.23. The molecule has 180 valence electrons. The van der Waals surface area contributed by atoms with Gasteiger partial charge in [0.1, 0.15) is 5.75 Å². The van der Waals surface area contributed by atoms with E-state index in [4.69, 9.17) is 16.3 Å². The van der Waals surface area contributed by atoms with Crippen LogP contribution in [0.15, 0.2) is 78.9 Å². The normalized spacial score (nSPS) is 12.1. The summed E-state index contributed by atoms with van der Waals surface area (Å²) in [5.74, 6) is 0.279. The summed E-state index contributed by atoms with van der Waals surface area (Å²) < 4.78 is 31.6. The fraction of sp³-hybridized carbons (Fsp3) is 0.269. The molecule has 1 amide bonds. The number of nitrogens with one attached hydrogen (secondary N) is 1.